The molecule has 106 valence electrons. The van der Waals surface area contributed by atoms with E-state index in [2.05, 4.69) is 4.98 Å². The molecule has 2 heterocycles. The first-order valence-electron chi connectivity index (χ1n) is 6.98. The first-order chi connectivity index (χ1) is 9.78. The van der Waals surface area contributed by atoms with Crippen LogP contribution in [-0.2, 0) is 4.74 Å². The quantitative estimate of drug-likeness (QED) is 0.869. The van der Waals surface area contributed by atoms with Crippen molar-refractivity contribution in [3.05, 3.63) is 29.3 Å². The zero-order chi connectivity index (χ0) is 13.9. The van der Waals surface area contributed by atoms with Crippen molar-refractivity contribution in [1.82, 2.24) is 9.88 Å². The minimum Gasteiger partial charge on any atom is -0.381 e. The van der Waals surface area contributed by atoms with Crippen molar-refractivity contribution < 1.29 is 9.53 Å². The van der Waals surface area contributed by atoms with Gasteiger partial charge in [-0.15, -0.1) is 11.3 Å². The second kappa shape index (κ2) is 5.89. The molecule has 20 heavy (non-hydrogen) atoms. The molecule has 1 aliphatic heterocycles. The van der Waals surface area contributed by atoms with E-state index < -0.39 is 0 Å². The maximum Gasteiger partial charge on any atom is 0.253 e. The summed E-state index contributed by atoms with van der Waals surface area (Å²) >= 11 is 1.57. The van der Waals surface area contributed by atoms with Crippen LogP contribution in [0.4, 0.5) is 0 Å². The molecular formula is C15H18N2O2S. The maximum atomic E-state index is 12.6. The van der Waals surface area contributed by atoms with Crippen LogP contribution >= 0.6 is 11.3 Å². The predicted molar refractivity (Wildman–Crippen MR) is 80.1 cm³/mol. The van der Waals surface area contributed by atoms with Gasteiger partial charge < -0.3 is 9.64 Å². The molecule has 2 aromatic rings. The third kappa shape index (κ3) is 2.69. The van der Waals surface area contributed by atoms with E-state index in [-0.39, 0.29) is 5.91 Å². The zero-order valence-corrected chi connectivity index (χ0v) is 12.4. The van der Waals surface area contributed by atoms with E-state index in [9.17, 15) is 4.79 Å². The van der Waals surface area contributed by atoms with Crippen LogP contribution in [0, 0.1) is 5.92 Å². The number of nitrogens with zero attached hydrogens (tertiary/aromatic N) is 2. The van der Waals surface area contributed by atoms with Gasteiger partial charge in [0.2, 0.25) is 0 Å². The number of ether oxygens (including phenoxy) is 1. The number of carbonyl (C=O) groups is 1. The second-order valence-electron chi connectivity index (χ2n) is 5.11. The number of benzene rings is 1. The van der Waals surface area contributed by atoms with Crippen molar-refractivity contribution in [3.63, 3.8) is 0 Å². The summed E-state index contributed by atoms with van der Waals surface area (Å²) in [6, 6.07) is 5.74. The fourth-order valence-electron chi connectivity index (χ4n) is 2.57. The third-order valence-corrected chi connectivity index (χ3v) is 4.54. The molecule has 1 saturated heterocycles. The van der Waals surface area contributed by atoms with Gasteiger partial charge in [-0.1, -0.05) is 0 Å². The van der Waals surface area contributed by atoms with Gasteiger partial charge in [0.05, 0.1) is 22.3 Å². The summed E-state index contributed by atoms with van der Waals surface area (Å²) in [4.78, 5) is 18.8. The van der Waals surface area contributed by atoms with Crippen molar-refractivity contribution in [3.8, 4) is 0 Å². The standard InChI is InChI=1S/C15H18N2O2S/c1-2-17(8-11-5-6-19-9-11)15(18)12-3-4-13-14(7-12)20-10-16-13/h3-4,7,10-11H,2,5-6,8-9H2,1H3/t11-/m1/s1. The van der Waals surface area contributed by atoms with Gasteiger partial charge in [-0.25, -0.2) is 4.98 Å². The minimum absolute atomic E-state index is 0.106. The molecule has 1 fully saturated rings. The Morgan fingerprint density at radius 3 is 3.20 bits per heavy atom. The van der Waals surface area contributed by atoms with Crippen molar-refractivity contribution >= 4 is 27.5 Å². The molecule has 5 heteroatoms. The molecule has 0 N–H and O–H groups in total. The number of fused-ring (bicyclic) bond motifs is 1. The van der Waals surface area contributed by atoms with E-state index in [1.165, 1.54) is 0 Å². The normalized spacial score (nSPS) is 18.6. The molecule has 3 rings (SSSR count). The van der Waals surface area contributed by atoms with Crippen LogP contribution in [0.15, 0.2) is 23.7 Å². The summed E-state index contributed by atoms with van der Waals surface area (Å²) in [6.45, 7) is 5.14. The number of carbonyl (C=O) groups excluding carboxylic acids is 1. The van der Waals surface area contributed by atoms with Crippen LogP contribution in [0.5, 0.6) is 0 Å². The van der Waals surface area contributed by atoms with Crippen LogP contribution in [0.3, 0.4) is 0 Å². The molecule has 4 nitrogen and oxygen atoms in total. The first-order valence-corrected chi connectivity index (χ1v) is 7.86. The molecule has 1 aromatic carbocycles. The average Bonchev–Trinajstić information content (AvgIpc) is 3.14. The van der Waals surface area contributed by atoms with Crippen LogP contribution in [-0.4, -0.2) is 42.1 Å². The molecule has 0 radical (unpaired) electrons. The summed E-state index contributed by atoms with van der Waals surface area (Å²) in [5.41, 5.74) is 3.52. The van der Waals surface area contributed by atoms with Gasteiger partial charge in [0.15, 0.2) is 0 Å². The van der Waals surface area contributed by atoms with Crippen molar-refractivity contribution in [2.75, 3.05) is 26.3 Å². The van der Waals surface area contributed by atoms with E-state index in [4.69, 9.17) is 4.74 Å². The second-order valence-corrected chi connectivity index (χ2v) is 5.99. The van der Waals surface area contributed by atoms with Gasteiger partial charge in [-0.05, 0) is 31.5 Å². The van der Waals surface area contributed by atoms with E-state index >= 15 is 0 Å². The summed E-state index contributed by atoms with van der Waals surface area (Å²) in [5, 5.41) is 0. The summed E-state index contributed by atoms with van der Waals surface area (Å²) in [6.07, 6.45) is 1.05. The molecular weight excluding hydrogens is 272 g/mol. The molecule has 0 bridgehead atoms. The third-order valence-electron chi connectivity index (χ3n) is 3.75. The Morgan fingerprint density at radius 1 is 1.55 bits per heavy atom. The fourth-order valence-corrected chi connectivity index (χ4v) is 3.28. The number of thiazole rings is 1. The van der Waals surface area contributed by atoms with Gasteiger partial charge in [-0.3, -0.25) is 4.79 Å². The molecule has 1 atom stereocenters. The maximum absolute atomic E-state index is 12.6. The molecule has 0 unspecified atom stereocenters. The smallest absolute Gasteiger partial charge is 0.253 e. The van der Waals surface area contributed by atoms with Crippen LogP contribution in [0.1, 0.15) is 23.7 Å². The topological polar surface area (TPSA) is 42.4 Å². The molecule has 0 aliphatic carbocycles. The number of hydrogen-bond donors (Lipinski definition) is 0. The van der Waals surface area contributed by atoms with Gasteiger partial charge in [0, 0.05) is 31.2 Å². The number of amides is 1. The van der Waals surface area contributed by atoms with E-state index in [1.807, 2.05) is 35.5 Å². The Hall–Kier alpha value is -1.46. The lowest BCUT2D eigenvalue weighted by molar-refractivity contribution is 0.0731. The van der Waals surface area contributed by atoms with Crippen molar-refractivity contribution in [2.45, 2.75) is 13.3 Å². The highest BCUT2D eigenvalue weighted by Gasteiger charge is 2.22. The Kier molecular flexibility index (Phi) is 3.98. The lowest BCUT2D eigenvalue weighted by atomic mass is 10.1. The largest absolute Gasteiger partial charge is 0.381 e. The van der Waals surface area contributed by atoms with Crippen LogP contribution in [0.25, 0.3) is 10.2 Å². The number of rotatable bonds is 4. The number of aromatic nitrogens is 1. The molecule has 1 aromatic heterocycles. The molecule has 1 aliphatic rings. The van der Waals surface area contributed by atoms with E-state index in [0.29, 0.717) is 5.92 Å². The monoisotopic (exact) mass is 290 g/mol. The lowest BCUT2D eigenvalue weighted by Crippen LogP contribution is -2.35. The van der Waals surface area contributed by atoms with Gasteiger partial charge in [0.25, 0.3) is 5.91 Å². The van der Waals surface area contributed by atoms with Crippen LogP contribution < -0.4 is 0 Å². The highest BCUT2D eigenvalue weighted by molar-refractivity contribution is 7.16. The average molecular weight is 290 g/mol. The highest BCUT2D eigenvalue weighted by Crippen LogP contribution is 2.21. The van der Waals surface area contributed by atoms with Crippen LogP contribution in [0.2, 0.25) is 0 Å². The first kappa shape index (κ1) is 13.5. The van der Waals surface area contributed by atoms with Gasteiger partial charge in [0.1, 0.15) is 0 Å². The Morgan fingerprint density at radius 2 is 2.45 bits per heavy atom. The van der Waals surface area contributed by atoms with Gasteiger partial charge >= 0.3 is 0 Å². The molecule has 0 spiro atoms. The number of hydrogen-bond acceptors (Lipinski definition) is 4. The fraction of sp³-hybridized carbons (Fsp3) is 0.467. The predicted octanol–water partition coefficient (Wildman–Crippen LogP) is 2.79. The summed E-state index contributed by atoms with van der Waals surface area (Å²) in [5.74, 6) is 0.584. The Bertz CT molecular complexity index is 605. The Balaban J connectivity index is 1.77. The van der Waals surface area contributed by atoms with Crippen molar-refractivity contribution in [2.24, 2.45) is 5.92 Å². The Labute approximate surface area is 122 Å². The molecule has 1 amide bonds. The lowest BCUT2D eigenvalue weighted by Gasteiger charge is -2.23. The SMILES string of the molecule is CCN(C[C@H]1CCOC1)C(=O)c1ccc2ncsc2c1. The van der Waals surface area contributed by atoms with E-state index in [1.54, 1.807) is 11.3 Å². The summed E-state index contributed by atoms with van der Waals surface area (Å²) < 4.78 is 6.46. The minimum atomic E-state index is 0.106. The zero-order valence-electron chi connectivity index (χ0n) is 11.5. The van der Waals surface area contributed by atoms with E-state index in [0.717, 1.165) is 48.5 Å². The highest BCUT2D eigenvalue weighted by atomic mass is 32.1. The summed E-state index contributed by atoms with van der Waals surface area (Å²) in [7, 11) is 0. The van der Waals surface area contributed by atoms with Crippen molar-refractivity contribution in [1.29, 1.82) is 0 Å². The van der Waals surface area contributed by atoms with Gasteiger partial charge in [-0.2, -0.15) is 0 Å². The molecule has 0 saturated carbocycles.